The minimum Gasteiger partial charge on any atom is -0.474 e. The van der Waals surface area contributed by atoms with Gasteiger partial charge in [0, 0.05) is 10.9 Å². The second kappa shape index (κ2) is 8.74. The van der Waals surface area contributed by atoms with Gasteiger partial charge in [-0.05, 0) is 82.6 Å². The van der Waals surface area contributed by atoms with E-state index in [2.05, 4.69) is 29.0 Å². The summed E-state index contributed by atoms with van der Waals surface area (Å²) in [4.78, 5) is 25.4. The molecule has 2 aliphatic carbocycles. The Hall–Kier alpha value is -1.44. The molecule has 6 nitrogen and oxygen atoms in total. The molecule has 2 heterocycles. The zero-order chi connectivity index (χ0) is 20.5. The second-order valence-corrected chi connectivity index (χ2v) is 9.60. The van der Waals surface area contributed by atoms with E-state index in [-0.39, 0.29) is 23.3 Å². The number of fused-ring (bicyclic) bond motifs is 3. The molecule has 1 fully saturated rings. The Morgan fingerprint density at radius 3 is 2.66 bits per heavy atom. The van der Waals surface area contributed by atoms with Crippen molar-refractivity contribution in [2.75, 3.05) is 20.7 Å². The van der Waals surface area contributed by atoms with Crippen LogP contribution >= 0.6 is 22.9 Å². The molecule has 158 valence electrons. The average Bonchev–Trinajstić information content (AvgIpc) is 3.21. The first-order valence-electron chi connectivity index (χ1n) is 10.4. The lowest BCUT2D eigenvalue weighted by molar-refractivity contribution is -0.143. The van der Waals surface area contributed by atoms with Crippen LogP contribution in [0.15, 0.2) is 0 Å². The molecule has 0 amide bonds. The van der Waals surface area contributed by atoms with E-state index in [9.17, 15) is 4.79 Å². The molecular weight excluding hydrogens is 410 g/mol. The minimum atomic E-state index is -0.149. The number of esters is 1. The van der Waals surface area contributed by atoms with Crippen LogP contribution in [0.3, 0.4) is 0 Å². The quantitative estimate of drug-likeness (QED) is 0.486. The van der Waals surface area contributed by atoms with Crippen molar-refractivity contribution in [1.29, 1.82) is 0 Å². The summed E-state index contributed by atoms with van der Waals surface area (Å²) >= 11 is 7.87. The molecule has 0 N–H and O–H groups in total. The fourth-order valence-corrected chi connectivity index (χ4v) is 6.10. The van der Waals surface area contributed by atoms with Gasteiger partial charge < -0.3 is 14.4 Å². The van der Waals surface area contributed by atoms with Crippen molar-refractivity contribution in [2.24, 2.45) is 0 Å². The first kappa shape index (κ1) is 20.8. The van der Waals surface area contributed by atoms with E-state index in [1.807, 2.05) is 6.92 Å². The van der Waals surface area contributed by atoms with Crippen LogP contribution in [0.4, 0.5) is 0 Å². The van der Waals surface area contributed by atoms with Crippen LogP contribution in [-0.2, 0) is 16.0 Å². The standard InChI is InChI=1S/C21H28ClN3O3S/c1-4-27-16(26)11-12-5-10-15-17(12)18-19(23-21(22)24-20(18)29-15)28-14-8-6-13(7-9-14)25(2)3/h12-14H,4-11H2,1-3H3/t12-,13?,14?/m0/s1. The largest absolute Gasteiger partial charge is 0.474 e. The highest BCUT2D eigenvalue weighted by atomic mass is 35.5. The van der Waals surface area contributed by atoms with Crippen LogP contribution in [0.2, 0.25) is 5.28 Å². The van der Waals surface area contributed by atoms with E-state index in [1.165, 1.54) is 10.4 Å². The maximum Gasteiger partial charge on any atom is 0.306 e. The van der Waals surface area contributed by atoms with Gasteiger partial charge in [-0.15, -0.1) is 11.3 Å². The highest BCUT2D eigenvalue weighted by Crippen LogP contribution is 2.48. The summed E-state index contributed by atoms with van der Waals surface area (Å²) in [7, 11) is 4.27. The zero-order valence-electron chi connectivity index (χ0n) is 17.2. The number of ether oxygens (including phenoxy) is 2. The van der Waals surface area contributed by atoms with Crippen LogP contribution in [0.1, 0.15) is 61.8 Å². The summed E-state index contributed by atoms with van der Waals surface area (Å²) in [6.07, 6.45) is 6.68. The fourth-order valence-electron chi connectivity index (χ4n) is 4.63. The van der Waals surface area contributed by atoms with E-state index in [0.29, 0.717) is 24.9 Å². The summed E-state index contributed by atoms with van der Waals surface area (Å²) < 4.78 is 11.6. The number of hydrogen-bond acceptors (Lipinski definition) is 7. The summed E-state index contributed by atoms with van der Waals surface area (Å²) in [5, 5.41) is 1.17. The van der Waals surface area contributed by atoms with Gasteiger partial charge in [0.25, 0.3) is 0 Å². The third-order valence-corrected chi connectivity index (χ3v) is 7.43. The average molecular weight is 438 g/mol. The van der Waals surface area contributed by atoms with E-state index in [1.54, 1.807) is 11.3 Å². The highest BCUT2D eigenvalue weighted by Gasteiger charge is 2.33. The van der Waals surface area contributed by atoms with Crippen LogP contribution < -0.4 is 4.74 Å². The molecule has 0 radical (unpaired) electrons. The van der Waals surface area contributed by atoms with Gasteiger partial charge in [-0.2, -0.15) is 4.98 Å². The Kier molecular flexibility index (Phi) is 6.27. The maximum atomic E-state index is 12.1. The smallest absolute Gasteiger partial charge is 0.306 e. The Morgan fingerprint density at radius 1 is 1.21 bits per heavy atom. The lowest BCUT2D eigenvalue weighted by Crippen LogP contribution is -2.35. The van der Waals surface area contributed by atoms with Crippen LogP contribution in [0, 0.1) is 0 Å². The predicted octanol–water partition coefficient (Wildman–Crippen LogP) is 4.58. The minimum absolute atomic E-state index is 0.134. The molecule has 0 spiro atoms. The molecule has 4 rings (SSSR count). The Bertz CT molecular complexity index is 893. The lowest BCUT2D eigenvalue weighted by atomic mass is 9.92. The van der Waals surface area contributed by atoms with Crippen molar-refractivity contribution in [3.05, 3.63) is 15.7 Å². The van der Waals surface area contributed by atoms with Crippen LogP contribution in [0.5, 0.6) is 5.88 Å². The van der Waals surface area contributed by atoms with Gasteiger partial charge in [0.05, 0.1) is 18.4 Å². The zero-order valence-corrected chi connectivity index (χ0v) is 18.8. The highest BCUT2D eigenvalue weighted by molar-refractivity contribution is 7.19. The first-order valence-corrected chi connectivity index (χ1v) is 11.6. The molecule has 29 heavy (non-hydrogen) atoms. The van der Waals surface area contributed by atoms with Gasteiger partial charge in [-0.3, -0.25) is 4.79 Å². The molecule has 1 atom stereocenters. The third-order valence-electron chi connectivity index (χ3n) is 6.10. The molecule has 0 saturated heterocycles. The number of carbonyl (C=O) groups excluding carboxylic acids is 1. The number of thiophene rings is 1. The lowest BCUT2D eigenvalue weighted by Gasteiger charge is -2.32. The van der Waals surface area contributed by atoms with E-state index >= 15 is 0 Å². The number of aromatic nitrogens is 2. The molecule has 0 aliphatic heterocycles. The number of hydrogen-bond donors (Lipinski definition) is 0. The van der Waals surface area contributed by atoms with Crippen molar-refractivity contribution >= 4 is 39.1 Å². The van der Waals surface area contributed by atoms with Gasteiger partial charge in [0.1, 0.15) is 10.9 Å². The Labute approximate surface area is 180 Å². The van der Waals surface area contributed by atoms with Gasteiger partial charge in [-0.1, -0.05) is 0 Å². The van der Waals surface area contributed by atoms with Gasteiger partial charge in [0.15, 0.2) is 0 Å². The molecule has 1 saturated carbocycles. The van der Waals surface area contributed by atoms with Crippen LogP contribution in [0.25, 0.3) is 10.2 Å². The summed E-state index contributed by atoms with van der Waals surface area (Å²) in [5.41, 5.74) is 1.17. The van der Waals surface area contributed by atoms with Crippen molar-refractivity contribution in [3.63, 3.8) is 0 Å². The number of carbonyl (C=O) groups is 1. The summed E-state index contributed by atoms with van der Waals surface area (Å²) in [6, 6.07) is 0.614. The Morgan fingerprint density at radius 2 is 1.97 bits per heavy atom. The van der Waals surface area contributed by atoms with Gasteiger partial charge in [0.2, 0.25) is 11.2 Å². The Balaban J connectivity index is 1.60. The number of halogens is 1. The summed E-state index contributed by atoms with van der Waals surface area (Å²) in [5.74, 6) is 0.569. The summed E-state index contributed by atoms with van der Waals surface area (Å²) in [6.45, 7) is 2.25. The fraction of sp³-hybridized carbons (Fsp3) is 0.667. The molecular formula is C21H28ClN3O3S. The number of nitrogens with zero attached hydrogens (tertiary/aromatic N) is 3. The van der Waals surface area contributed by atoms with Gasteiger partial charge >= 0.3 is 5.97 Å². The monoisotopic (exact) mass is 437 g/mol. The molecule has 0 unspecified atom stereocenters. The molecule has 0 bridgehead atoms. The molecule has 2 aliphatic rings. The van der Waals surface area contributed by atoms with Crippen molar-refractivity contribution in [2.45, 2.75) is 69.9 Å². The molecule has 2 aromatic rings. The van der Waals surface area contributed by atoms with Crippen LogP contribution in [-0.4, -0.2) is 53.7 Å². The van der Waals surface area contributed by atoms with E-state index in [0.717, 1.165) is 48.7 Å². The second-order valence-electron chi connectivity index (χ2n) is 8.17. The number of aryl methyl sites for hydroxylation is 1. The molecule has 8 heteroatoms. The van der Waals surface area contributed by atoms with E-state index < -0.39 is 0 Å². The topological polar surface area (TPSA) is 64.5 Å². The third kappa shape index (κ3) is 4.37. The molecule has 0 aromatic carbocycles. The van der Waals surface area contributed by atoms with Gasteiger partial charge in [-0.25, -0.2) is 4.98 Å². The number of rotatable bonds is 6. The van der Waals surface area contributed by atoms with E-state index in [4.69, 9.17) is 21.1 Å². The maximum absolute atomic E-state index is 12.1. The SMILES string of the molecule is CCOC(=O)C[C@@H]1CCc2sc3nc(Cl)nc(OC4CCC(N(C)C)CC4)c3c21. The van der Waals surface area contributed by atoms with Crippen molar-refractivity contribution in [1.82, 2.24) is 14.9 Å². The van der Waals surface area contributed by atoms with Crippen molar-refractivity contribution in [3.8, 4) is 5.88 Å². The first-order chi connectivity index (χ1) is 14.0. The molecule has 2 aromatic heterocycles. The normalized spacial score (nSPS) is 24.1. The van der Waals surface area contributed by atoms with Crippen molar-refractivity contribution < 1.29 is 14.3 Å². The predicted molar refractivity (Wildman–Crippen MR) is 115 cm³/mol.